The van der Waals surface area contributed by atoms with Crippen LogP contribution in [-0.2, 0) is 30.4 Å². The summed E-state index contributed by atoms with van der Waals surface area (Å²) in [5.74, 6) is -2.56. The monoisotopic (exact) mass is 579 g/mol. The highest BCUT2D eigenvalue weighted by Gasteiger charge is 2.31. The normalized spacial score (nSPS) is 13.9. The Bertz CT molecular complexity index is 962. The molecule has 1 aromatic rings. The number of hydrogen-bond acceptors (Lipinski definition) is 7. The molecule has 0 saturated heterocycles. The summed E-state index contributed by atoms with van der Waals surface area (Å²) >= 11 is 1.53. The Labute approximate surface area is 241 Å². The van der Waals surface area contributed by atoms with E-state index in [1.807, 2.05) is 26.2 Å². The van der Waals surface area contributed by atoms with Crippen molar-refractivity contribution in [1.29, 1.82) is 0 Å². The smallest absolute Gasteiger partial charge is 0.326 e. The van der Waals surface area contributed by atoms with Gasteiger partial charge < -0.3 is 32.1 Å². The van der Waals surface area contributed by atoms with Gasteiger partial charge in [0, 0.05) is 13.3 Å². The van der Waals surface area contributed by atoms with Crippen LogP contribution in [0.25, 0.3) is 0 Å². The van der Waals surface area contributed by atoms with Crippen LogP contribution in [0, 0.1) is 5.92 Å². The van der Waals surface area contributed by atoms with Crippen LogP contribution >= 0.6 is 11.8 Å². The first kappa shape index (κ1) is 34.9. The molecule has 0 bridgehead atoms. The Hall–Kier alpha value is -3.12. The van der Waals surface area contributed by atoms with Gasteiger partial charge in [0.2, 0.25) is 23.6 Å². The lowest BCUT2D eigenvalue weighted by atomic mass is 10.00. The third-order valence-corrected chi connectivity index (χ3v) is 6.77. The van der Waals surface area contributed by atoms with Crippen LogP contribution in [0.15, 0.2) is 30.3 Å². The second kappa shape index (κ2) is 19.0. The van der Waals surface area contributed by atoms with E-state index in [2.05, 4.69) is 21.3 Å². The van der Waals surface area contributed by atoms with Gasteiger partial charge in [-0.05, 0) is 62.1 Å². The number of rotatable bonds is 19. The zero-order valence-corrected chi connectivity index (χ0v) is 24.7. The fourth-order valence-corrected chi connectivity index (χ4v) is 4.55. The maximum Gasteiger partial charge on any atom is 0.326 e. The molecular weight excluding hydrogens is 534 g/mol. The number of carboxylic acid groups (broad SMARTS) is 1. The highest BCUT2D eigenvalue weighted by Crippen LogP contribution is 2.10. The second-order valence-electron chi connectivity index (χ2n) is 10.2. The molecule has 1 rings (SSSR count). The van der Waals surface area contributed by atoms with E-state index in [-0.39, 0.29) is 24.7 Å². The summed E-state index contributed by atoms with van der Waals surface area (Å²) in [5.41, 5.74) is 6.28. The first-order valence-electron chi connectivity index (χ1n) is 13.6. The maximum absolute atomic E-state index is 13.5. The molecule has 0 radical (unpaired) electrons. The van der Waals surface area contributed by atoms with Gasteiger partial charge in [0.15, 0.2) is 0 Å². The van der Waals surface area contributed by atoms with Crippen molar-refractivity contribution in [2.24, 2.45) is 11.7 Å². The van der Waals surface area contributed by atoms with E-state index in [9.17, 15) is 29.1 Å². The van der Waals surface area contributed by atoms with Crippen LogP contribution in [0.1, 0.15) is 58.4 Å². The number of nitrogens with one attached hydrogen (secondary N) is 4. The lowest BCUT2D eigenvalue weighted by molar-refractivity contribution is -0.142. The Morgan fingerprint density at radius 1 is 0.825 bits per heavy atom. The molecular formula is C28H45N5O6S. The van der Waals surface area contributed by atoms with Gasteiger partial charge in [-0.15, -0.1) is 0 Å². The molecule has 0 spiro atoms. The molecule has 4 unspecified atom stereocenters. The zero-order valence-electron chi connectivity index (χ0n) is 23.9. The highest BCUT2D eigenvalue weighted by atomic mass is 32.2. The minimum absolute atomic E-state index is 0.0294. The SMILES string of the molecule is CSCCC(NC(C)=O)C(=O)NC(CC(C)C)C(=O)NC(Cc1ccccc1)C(=O)NC(CCCCN)C(=O)O. The van der Waals surface area contributed by atoms with Gasteiger partial charge in [0.1, 0.15) is 24.2 Å². The maximum atomic E-state index is 13.5. The summed E-state index contributed by atoms with van der Waals surface area (Å²) in [6.07, 6.45) is 4.05. The van der Waals surface area contributed by atoms with Crippen LogP contribution in [-0.4, -0.2) is 77.4 Å². The molecule has 7 N–H and O–H groups in total. The second-order valence-corrected chi connectivity index (χ2v) is 11.1. The number of carbonyl (C=O) groups is 5. The van der Waals surface area contributed by atoms with Crippen LogP contribution < -0.4 is 27.0 Å². The molecule has 11 nitrogen and oxygen atoms in total. The summed E-state index contributed by atoms with van der Waals surface area (Å²) in [7, 11) is 0. The Morgan fingerprint density at radius 3 is 1.95 bits per heavy atom. The standard InChI is InChI=1S/C28H45N5O6S/c1-18(2)16-23(32-25(35)21(13-15-40-4)30-19(3)34)26(36)33-24(17-20-10-6-5-7-11-20)27(37)31-22(28(38)39)12-8-9-14-29/h5-7,10-11,18,21-24H,8-9,12-17,29H2,1-4H3,(H,30,34)(H,31,37)(H,32,35)(H,33,36)(H,38,39). The molecule has 4 amide bonds. The van der Waals surface area contributed by atoms with Crippen molar-refractivity contribution in [3.05, 3.63) is 35.9 Å². The Kier molecular flexibility index (Phi) is 16.6. The first-order chi connectivity index (χ1) is 19.0. The summed E-state index contributed by atoms with van der Waals surface area (Å²) in [5, 5.41) is 20.3. The predicted octanol–water partition coefficient (Wildman–Crippen LogP) is 1.20. The topological polar surface area (TPSA) is 180 Å². The molecule has 40 heavy (non-hydrogen) atoms. The quantitative estimate of drug-likeness (QED) is 0.132. The number of amides is 4. The van der Waals surface area contributed by atoms with Gasteiger partial charge in [-0.3, -0.25) is 19.2 Å². The van der Waals surface area contributed by atoms with E-state index in [0.29, 0.717) is 38.0 Å². The lowest BCUT2D eigenvalue weighted by Gasteiger charge is -2.27. The summed E-state index contributed by atoms with van der Waals surface area (Å²) < 4.78 is 0. The van der Waals surface area contributed by atoms with Crippen molar-refractivity contribution in [1.82, 2.24) is 21.3 Å². The molecule has 0 heterocycles. The molecule has 0 aromatic heterocycles. The average molecular weight is 580 g/mol. The fraction of sp³-hybridized carbons (Fsp3) is 0.607. The van der Waals surface area contributed by atoms with Gasteiger partial charge in [-0.25, -0.2) is 4.79 Å². The van der Waals surface area contributed by atoms with Crippen LogP contribution in [0.4, 0.5) is 0 Å². The third-order valence-electron chi connectivity index (χ3n) is 6.12. The predicted molar refractivity (Wildman–Crippen MR) is 157 cm³/mol. The van der Waals surface area contributed by atoms with Crippen molar-refractivity contribution in [3.8, 4) is 0 Å². The number of carbonyl (C=O) groups excluding carboxylic acids is 4. The number of nitrogens with two attached hydrogens (primary N) is 1. The van der Waals surface area contributed by atoms with Gasteiger partial charge in [0.05, 0.1) is 0 Å². The summed E-state index contributed by atoms with van der Waals surface area (Å²) in [6, 6.07) is 5.06. The third kappa shape index (κ3) is 13.8. The van der Waals surface area contributed by atoms with Crippen molar-refractivity contribution in [3.63, 3.8) is 0 Å². The molecule has 0 fully saturated rings. The minimum Gasteiger partial charge on any atom is -0.480 e. The Balaban J connectivity index is 3.15. The molecule has 1 aromatic carbocycles. The highest BCUT2D eigenvalue weighted by molar-refractivity contribution is 7.98. The van der Waals surface area contributed by atoms with Gasteiger partial charge >= 0.3 is 5.97 Å². The van der Waals surface area contributed by atoms with Crippen molar-refractivity contribution in [2.75, 3.05) is 18.6 Å². The van der Waals surface area contributed by atoms with Gasteiger partial charge in [-0.1, -0.05) is 44.2 Å². The molecule has 0 aliphatic rings. The molecule has 224 valence electrons. The van der Waals surface area contributed by atoms with Crippen LogP contribution in [0.5, 0.6) is 0 Å². The fourth-order valence-electron chi connectivity index (χ4n) is 4.08. The number of aliphatic carboxylic acids is 1. The minimum atomic E-state index is -1.17. The number of hydrogen-bond donors (Lipinski definition) is 6. The number of thioether (sulfide) groups is 1. The van der Waals surface area contributed by atoms with E-state index < -0.39 is 47.9 Å². The first-order valence-corrected chi connectivity index (χ1v) is 15.0. The zero-order chi connectivity index (χ0) is 30.1. The number of carboxylic acids is 1. The van der Waals surface area contributed by atoms with Gasteiger partial charge in [0.25, 0.3) is 0 Å². The molecule has 4 atom stereocenters. The van der Waals surface area contributed by atoms with Crippen molar-refractivity contribution < 1.29 is 29.1 Å². The van der Waals surface area contributed by atoms with Crippen LogP contribution in [0.3, 0.4) is 0 Å². The van der Waals surface area contributed by atoms with Gasteiger partial charge in [-0.2, -0.15) is 11.8 Å². The average Bonchev–Trinajstić information content (AvgIpc) is 2.89. The summed E-state index contributed by atoms with van der Waals surface area (Å²) in [6.45, 7) is 5.54. The van der Waals surface area contributed by atoms with E-state index in [0.717, 1.165) is 5.56 Å². The van der Waals surface area contributed by atoms with Crippen molar-refractivity contribution in [2.45, 2.75) is 83.5 Å². The van der Waals surface area contributed by atoms with E-state index >= 15 is 0 Å². The molecule has 12 heteroatoms. The number of benzene rings is 1. The van der Waals surface area contributed by atoms with E-state index in [1.165, 1.54) is 18.7 Å². The largest absolute Gasteiger partial charge is 0.480 e. The summed E-state index contributed by atoms with van der Waals surface area (Å²) in [4.78, 5) is 63.3. The van der Waals surface area contributed by atoms with E-state index in [4.69, 9.17) is 5.73 Å². The number of unbranched alkanes of at least 4 members (excludes halogenated alkanes) is 1. The molecule has 0 saturated carbocycles. The molecule has 0 aliphatic heterocycles. The van der Waals surface area contributed by atoms with Crippen molar-refractivity contribution >= 4 is 41.4 Å². The van der Waals surface area contributed by atoms with Crippen LogP contribution in [0.2, 0.25) is 0 Å². The van der Waals surface area contributed by atoms with E-state index in [1.54, 1.807) is 24.3 Å². The Morgan fingerprint density at radius 2 is 1.40 bits per heavy atom. The lowest BCUT2D eigenvalue weighted by Crippen LogP contribution is -2.58. The molecule has 0 aliphatic carbocycles.